The number of thioether (sulfide) groups is 1. The van der Waals surface area contributed by atoms with Crippen LogP contribution in [0.1, 0.15) is 12.0 Å². The fourth-order valence-electron chi connectivity index (χ4n) is 2.08. The predicted octanol–water partition coefficient (Wildman–Crippen LogP) is 4.38. The lowest BCUT2D eigenvalue weighted by Crippen LogP contribution is -2.27. The van der Waals surface area contributed by atoms with Crippen LogP contribution in [-0.2, 0) is 6.54 Å². The molecule has 0 saturated carbocycles. The number of halogens is 1. The Balaban J connectivity index is 1.73. The lowest BCUT2D eigenvalue weighted by Gasteiger charge is -2.20. The molecule has 1 N–H and O–H groups in total. The van der Waals surface area contributed by atoms with Crippen molar-refractivity contribution in [1.82, 2.24) is 4.90 Å². The summed E-state index contributed by atoms with van der Waals surface area (Å²) < 4.78 is 0. The largest absolute Gasteiger partial charge is 0.395 e. The number of thiophene rings is 1. The topological polar surface area (TPSA) is 23.5 Å². The number of hydrogen-bond acceptors (Lipinski definition) is 4. The van der Waals surface area contributed by atoms with Gasteiger partial charge in [0, 0.05) is 18.0 Å². The van der Waals surface area contributed by atoms with Crippen LogP contribution < -0.4 is 0 Å². The molecule has 21 heavy (non-hydrogen) atoms. The van der Waals surface area contributed by atoms with Crippen LogP contribution in [0.15, 0.2) is 46.0 Å². The highest BCUT2D eigenvalue weighted by molar-refractivity contribution is 7.99. The van der Waals surface area contributed by atoms with Crippen molar-refractivity contribution in [2.75, 3.05) is 25.4 Å². The van der Waals surface area contributed by atoms with Crippen LogP contribution in [0.4, 0.5) is 0 Å². The molecule has 0 fully saturated rings. The van der Waals surface area contributed by atoms with Crippen LogP contribution in [0.2, 0.25) is 5.02 Å². The third-order valence-corrected chi connectivity index (χ3v) is 5.45. The van der Waals surface area contributed by atoms with Crippen molar-refractivity contribution < 1.29 is 5.11 Å². The Morgan fingerprint density at radius 2 is 2.05 bits per heavy atom. The van der Waals surface area contributed by atoms with Gasteiger partial charge in [-0.1, -0.05) is 23.7 Å². The molecule has 2 aromatic rings. The molecule has 2 rings (SSSR count). The van der Waals surface area contributed by atoms with E-state index in [2.05, 4.69) is 27.8 Å². The Bertz CT molecular complexity index is 519. The van der Waals surface area contributed by atoms with Gasteiger partial charge in [-0.05, 0) is 53.2 Å². The second-order valence-corrected chi connectivity index (χ2v) is 7.09. The van der Waals surface area contributed by atoms with Gasteiger partial charge in [0.25, 0.3) is 0 Å². The average Bonchev–Trinajstić information content (AvgIpc) is 2.98. The number of rotatable bonds is 9. The fourth-order valence-corrected chi connectivity index (χ4v) is 3.92. The molecule has 1 heterocycles. The molecule has 0 aliphatic heterocycles. The van der Waals surface area contributed by atoms with Gasteiger partial charge in [-0.25, -0.2) is 0 Å². The van der Waals surface area contributed by atoms with Crippen LogP contribution in [0.3, 0.4) is 0 Å². The number of nitrogens with zero attached hydrogens (tertiary/aromatic N) is 1. The number of hydrogen-bond donors (Lipinski definition) is 1. The minimum Gasteiger partial charge on any atom is -0.395 e. The van der Waals surface area contributed by atoms with E-state index in [1.54, 1.807) is 23.1 Å². The predicted molar refractivity (Wildman–Crippen MR) is 93.5 cm³/mol. The zero-order chi connectivity index (χ0) is 14.9. The van der Waals surface area contributed by atoms with Gasteiger partial charge in [-0.3, -0.25) is 4.90 Å². The van der Waals surface area contributed by atoms with E-state index < -0.39 is 0 Å². The smallest absolute Gasteiger partial charge is 0.0558 e. The molecule has 2 nitrogen and oxygen atoms in total. The van der Waals surface area contributed by atoms with Crippen molar-refractivity contribution in [3.05, 3.63) is 51.7 Å². The van der Waals surface area contributed by atoms with E-state index in [1.807, 2.05) is 18.2 Å². The van der Waals surface area contributed by atoms with E-state index in [0.29, 0.717) is 0 Å². The monoisotopic (exact) mass is 341 g/mol. The zero-order valence-electron chi connectivity index (χ0n) is 11.9. The summed E-state index contributed by atoms with van der Waals surface area (Å²) in [5.74, 6) is 1.04. The maximum atomic E-state index is 9.17. The first-order valence-corrected chi connectivity index (χ1v) is 9.32. The molecule has 0 amide bonds. The maximum absolute atomic E-state index is 9.17. The number of aliphatic hydroxyl groups is 1. The Morgan fingerprint density at radius 3 is 2.76 bits per heavy atom. The third kappa shape index (κ3) is 6.01. The molecule has 1 aromatic carbocycles. The van der Waals surface area contributed by atoms with Crippen molar-refractivity contribution >= 4 is 34.7 Å². The maximum Gasteiger partial charge on any atom is 0.0558 e. The summed E-state index contributed by atoms with van der Waals surface area (Å²) in [6.07, 6.45) is 1.08. The molecule has 0 atom stereocenters. The molecular formula is C16H20ClNOS2. The van der Waals surface area contributed by atoms with Crippen LogP contribution in [0.25, 0.3) is 0 Å². The lowest BCUT2D eigenvalue weighted by atomic mass is 10.3. The SMILES string of the molecule is OCCN(CCCSc1ccccc1Cl)Cc1ccsc1. The van der Waals surface area contributed by atoms with Gasteiger partial charge >= 0.3 is 0 Å². The summed E-state index contributed by atoms with van der Waals surface area (Å²) in [4.78, 5) is 3.44. The highest BCUT2D eigenvalue weighted by Crippen LogP contribution is 2.27. The summed E-state index contributed by atoms with van der Waals surface area (Å²) in [5, 5.41) is 14.3. The van der Waals surface area contributed by atoms with Gasteiger partial charge in [0.2, 0.25) is 0 Å². The minimum absolute atomic E-state index is 0.210. The van der Waals surface area contributed by atoms with Crippen LogP contribution >= 0.6 is 34.7 Å². The lowest BCUT2D eigenvalue weighted by molar-refractivity contribution is 0.191. The molecule has 1 aromatic heterocycles. The molecule has 5 heteroatoms. The van der Waals surface area contributed by atoms with E-state index in [4.69, 9.17) is 11.6 Å². The van der Waals surface area contributed by atoms with E-state index in [0.717, 1.165) is 41.7 Å². The molecule has 114 valence electrons. The van der Waals surface area contributed by atoms with Crippen molar-refractivity contribution in [1.29, 1.82) is 0 Å². The van der Waals surface area contributed by atoms with Crippen molar-refractivity contribution in [2.24, 2.45) is 0 Å². The Morgan fingerprint density at radius 1 is 1.19 bits per heavy atom. The molecule has 0 spiro atoms. The summed E-state index contributed by atoms with van der Waals surface area (Å²) in [6.45, 7) is 2.85. The Kier molecular flexibility index (Phi) is 7.61. The highest BCUT2D eigenvalue weighted by Gasteiger charge is 2.06. The number of benzene rings is 1. The third-order valence-electron chi connectivity index (χ3n) is 3.12. The molecule has 0 unspecified atom stereocenters. The average molecular weight is 342 g/mol. The summed E-state index contributed by atoms with van der Waals surface area (Å²) >= 11 is 9.66. The fraction of sp³-hybridized carbons (Fsp3) is 0.375. The second kappa shape index (κ2) is 9.49. The van der Waals surface area contributed by atoms with Crippen LogP contribution in [0.5, 0.6) is 0 Å². The first kappa shape index (κ1) is 16.8. The quantitative estimate of drug-likeness (QED) is 0.541. The molecule has 0 aliphatic carbocycles. The van der Waals surface area contributed by atoms with Gasteiger partial charge in [-0.15, -0.1) is 11.8 Å². The summed E-state index contributed by atoms with van der Waals surface area (Å²) in [6, 6.07) is 10.1. The number of aliphatic hydroxyl groups excluding tert-OH is 1. The van der Waals surface area contributed by atoms with E-state index in [-0.39, 0.29) is 6.61 Å². The summed E-state index contributed by atoms with van der Waals surface area (Å²) in [7, 11) is 0. The molecule has 0 aliphatic rings. The second-order valence-electron chi connectivity index (χ2n) is 4.76. The van der Waals surface area contributed by atoms with Crippen LogP contribution in [0, 0.1) is 0 Å². The van der Waals surface area contributed by atoms with E-state index in [9.17, 15) is 5.11 Å². The normalized spacial score (nSPS) is 11.2. The van der Waals surface area contributed by atoms with E-state index >= 15 is 0 Å². The minimum atomic E-state index is 0.210. The van der Waals surface area contributed by atoms with E-state index in [1.165, 1.54) is 5.56 Å². The van der Waals surface area contributed by atoms with Crippen molar-refractivity contribution in [2.45, 2.75) is 17.9 Å². The van der Waals surface area contributed by atoms with Crippen molar-refractivity contribution in [3.63, 3.8) is 0 Å². The van der Waals surface area contributed by atoms with Crippen LogP contribution in [-0.4, -0.2) is 35.5 Å². The molecule has 0 saturated heterocycles. The Hall–Kier alpha value is -0.520. The van der Waals surface area contributed by atoms with Gasteiger partial charge in [0.15, 0.2) is 0 Å². The first-order valence-electron chi connectivity index (χ1n) is 7.01. The molecular weight excluding hydrogens is 322 g/mol. The Labute approximate surface area is 139 Å². The van der Waals surface area contributed by atoms with Crippen molar-refractivity contribution in [3.8, 4) is 0 Å². The highest BCUT2D eigenvalue weighted by atomic mass is 35.5. The van der Waals surface area contributed by atoms with Gasteiger partial charge < -0.3 is 5.11 Å². The zero-order valence-corrected chi connectivity index (χ0v) is 14.3. The standard InChI is InChI=1S/C16H20ClNOS2/c17-15-4-1-2-5-16(15)21-10-3-7-18(8-9-19)12-14-6-11-20-13-14/h1-2,4-6,11,13,19H,3,7-10,12H2. The van der Waals surface area contributed by atoms with Gasteiger partial charge in [0.1, 0.15) is 0 Å². The summed E-state index contributed by atoms with van der Waals surface area (Å²) in [5.41, 5.74) is 1.33. The molecule has 0 radical (unpaired) electrons. The molecule has 0 bridgehead atoms. The van der Waals surface area contributed by atoms with Gasteiger partial charge in [0.05, 0.1) is 11.6 Å². The first-order chi connectivity index (χ1) is 10.3. The van der Waals surface area contributed by atoms with Gasteiger partial charge in [-0.2, -0.15) is 11.3 Å².